The summed E-state index contributed by atoms with van der Waals surface area (Å²) in [6.45, 7) is 10.6. The summed E-state index contributed by atoms with van der Waals surface area (Å²) in [5, 5.41) is 3.98. The Hall–Kier alpha value is -0.940. The van der Waals surface area contributed by atoms with E-state index in [4.69, 9.17) is 15.0 Å². The fourth-order valence-electron chi connectivity index (χ4n) is 1.48. The molecule has 0 radical (unpaired) electrons. The highest BCUT2D eigenvalue weighted by Gasteiger charge is 2.29. The summed E-state index contributed by atoms with van der Waals surface area (Å²) < 4.78 is 10.9. The molecule has 1 heterocycles. The second-order valence-corrected chi connectivity index (χ2v) is 4.85. The second-order valence-electron chi connectivity index (χ2n) is 4.85. The van der Waals surface area contributed by atoms with E-state index >= 15 is 0 Å². The highest BCUT2D eigenvalue weighted by molar-refractivity contribution is 5.01. The Kier molecular flexibility index (Phi) is 4.65. The Bertz CT molecular complexity index is 347. The fourth-order valence-corrected chi connectivity index (χ4v) is 1.48. The van der Waals surface area contributed by atoms with Gasteiger partial charge >= 0.3 is 0 Å². The van der Waals surface area contributed by atoms with E-state index in [-0.39, 0.29) is 6.10 Å². The van der Waals surface area contributed by atoms with Crippen molar-refractivity contribution in [1.82, 2.24) is 10.1 Å². The zero-order valence-corrected chi connectivity index (χ0v) is 11.4. The van der Waals surface area contributed by atoms with Crippen LogP contribution in [0.4, 0.5) is 0 Å². The lowest BCUT2D eigenvalue weighted by Gasteiger charge is -2.18. The summed E-state index contributed by atoms with van der Waals surface area (Å²) in [4.78, 5) is 4.37. The highest BCUT2D eigenvalue weighted by atomic mass is 16.5. The molecule has 0 aliphatic heterocycles. The predicted octanol–water partition coefficient (Wildman–Crippen LogP) is 2.39. The van der Waals surface area contributed by atoms with Crippen LogP contribution in [-0.4, -0.2) is 16.7 Å². The molecule has 5 heteroatoms. The van der Waals surface area contributed by atoms with Gasteiger partial charge < -0.3 is 15.0 Å². The largest absolute Gasteiger partial charge is 0.370 e. The molecule has 5 nitrogen and oxygen atoms in total. The summed E-state index contributed by atoms with van der Waals surface area (Å²) in [7, 11) is 0. The number of hydrogen-bond donors (Lipinski definition) is 1. The number of nitrogens with two attached hydrogens (primary N) is 1. The average molecular weight is 241 g/mol. The molecule has 2 unspecified atom stereocenters. The first kappa shape index (κ1) is 14.1. The van der Waals surface area contributed by atoms with Crippen LogP contribution in [0.3, 0.4) is 0 Å². The van der Waals surface area contributed by atoms with Gasteiger partial charge in [0.05, 0.1) is 5.54 Å². The third kappa shape index (κ3) is 3.26. The summed E-state index contributed by atoms with van der Waals surface area (Å²) in [6.07, 6.45) is 0.612. The van der Waals surface area contributed by atoms with Gasteiger partial charge in [-0.2, -0.15) is 4.98 Å². The van der Waals surface area contributed by atoms with Crippen molar-refractivity contribution in [2.45, 2.75) is 52.7 Å². The molecule has 1 aromatic rings. The summed E-state index contributed by atoms with van der Waals surface area (Å²) in [5.74, 6) is 1.35. The van der Waals surface area contributed by atoms with Crippen LogP contribution in [0, 0.1) is 5.92 Å². The van der Waals surface area contributed by atoms with Crippen molar-refractivity contribution in [3.8, 4) is 0 Å². The third-order valence-corrected chi connectivity index (χ3v) is 2.87. The van der Waals surface area contributed by atoms with Gasteiger partial charge in [-0.25, -0.2) is 0 Å². The molecule has 2 atom stereocenters. The molecule has 0 aliphatic rings. The highest BCUT2D eigenvalue weighted by Crippen LogP contribution is 2.26. The van der Waals surface area contributed by atoms with Gasteiger partial charge in [0.15, 0.2) is 0 Å². The second kappa shape index (κ2) is 5.60. The molecule has 0 saturated heterocycles. The van der Waals surface area contributed by atoms with E-state index in [1.165, 1.54) is 0 Å². The van der Waals surface area contributed by atoms with Gasteiger partial charge in [-0.05, 0) is 26.2 Å². The van der Waals surface area contributed by atoms with E-state index in [0.29, 0.717) is 24.2 Å². The first-order valence-corrected chi connectivity index (χ1v) is 6.17. The molecule has 0 saturated carbocycles. The first-order valence-electron chi connectivity index (χ1n) is 6.17. The van der Waals surface area contributed by atoms with Crippen LogP contribution >= 0.6 is 0 Å². The molecular formula is C12H23N3O2. The van der Waals surface area contributed by atoms with Crippen molar-refractivity contribution in [3.05, 3.63) is 11.7 Å². The van der Waals surface area contributed by atoms with Crippen LogP contribution in [0.5, 0.6) is 0 Å². The van der Waals surface area contributed by atoms with E-state index in [1.54, 1.807) is 0 Å². The van der Waals surface area contributed by atoms with Crippen LogP contribution in [0.25, 0.3) is 0 Å². The molecule has 98 valence electrons. The monoisotopic (exact) mass is 241 g/mol. The predicted molar refractivity (Wildman–Crippen MR) is 65.3 cm³/mol. The maximum Gasteiger partial charge on any atom is 0.246 e. The van der Waals surface area contributed by atoms with Crippen LogP contribution in [0.15, 0.2) is 4.52 Å². The lowest BCUT2D eigenvalue weighted by Crippen LogP contribution is -2.32. The molecule has 0 bridgehead atoms. The normalized spacial score (nSPS) is 17.1. The Morgan fingerprint density at radius 1 is 1.41 bits per heavy atom. The molecule has 0 amide bonds. The van der Waals surface area contributed by atoms with Gasteiger partial charge in [0.1, 0.15) is 6.10 Å². The Morgan fingerprint density at radius 2 is 2.06 bits per heavy atom. The van der Waals surface area contributed by atoms with Crippen molar-refractivity contribution in [1.29, 1.82) is 0 Å². The maximum absolute atomic E-state index is 6.06. The zero-order valence-electron chi connectivity index (χ0n) is 11.4. The van der Waals surface area contributed by atoms with Gasteiger partial charge in [-0.15, -0.1) is 0 Å². The van der Waals surface area contributed by atoms with E-state index in [9.17, 15) is 0 Å². The number of nitrogens with zero attached hydrogens (tertiary/aromatic N) is 2. The molecule has 0 aliphatic carbocycles. The molecule has 0 spiro atoms. The summed E-state index contributed by atoms with van der Waals surface area (Å²) in [5.41, 5.74) is 5.49. The Balaban J connectivity index is 2.92. The number of aromatic nitrogens is 2. The molecular weight excluding hydrogens is 218 g/mol. The van der Waals surface area contributed by atoms with Gasteiger partial charge in [-0.3, -0.25) is 0 Å². The summed E-state index contributed by atoms with van der Waals surface area (Å²) in [6, 6.07) is 0. The van der Waals surface area contributed by atoms with Crippen LogP contribution < -0.4 is 5.73 Å². The Morgan fingerprint density at radius 3 is 2.53 bits per heavy atom. The van der Waals surface area contributed by atoms with E-state index in [2.05, 4.69) is 24.0 Å². The standard InChI is InChI=1S/C12H23N3O2/c1-6-12(5,13)11-14-10(15-17-11)9(8(3)4)16-7-2/h8-9H,6-7,13H2,1-5H3. The van der Waals surface area contributed by atoms with Crippen LogP contribution in [0.2, 0.25) is 0 Å². The number of rotatable bonds is 6. The lowest BCUT2D eigenvalue weighted by molar-refractivity contribution is 0.0217. The smallest absolute Gasteiger partial charge is 0.246 e. The number of ether oxygens (including phenoxy) is 1. The van der Waals surface area contributed by atoms with Crippen molar-refractivity contribution < 1.29 is 9.26 Å². The van der Waals surface area contributed by atoms with Crippen molar-refractivity contribution in [2.24, 2.45) is 11.7 Å². The van der Waals surface area contributed by atoms with Crippen molar-refractivity contribution in [2.75, 3.05) is 6.61 Å². The molecule has 1 rings (SSSR count). The molecule has 2 N–H and O–H groups in total. The van der Waals surface area contributed by atoms with Gasteiger partial charge in [0.2, 0.25) is 11.7 Å². The van der Waals surface area contributed by atoms with Gasteiger partial charge in [0.25, 0.3) is 0 Å². The quantitative estimate of drug-likeness (QED) is 0.827. The lowest BCUT2D eigenvalue weighted by atomic mass is 10.0. The molecule has 17 heavy (non-hydrogen) atoms. The topological polar surface area (TPSA) is 74.2 Å². The van der Waals surface area contributed by atoms with E-state index < -0.39 is 5.54 Å². The fraction of sp³-hybridized carbons (Fsp3) is 0.833. The SMILES string of the molecule is CCOC(c1noc(C(C)(N)CC)n1)C(C)C. The first-order chi connectivity index (χ1) is 7.92. The molecule has 1 aromatic heterocycles. The average Bonchev–Trinajstić information content (AvgIpc) is 2.75. The van der Waals surface area contributed by atoms with Gasteiger partial charge in [-0.1, -0.05) is 25.9 Å². The number of hydrogen-bond acceptors (Lipinski definition) is 5. The van der Waals surface area contributed by atoms with E-state index in [1.807, 2.05) is 20.8 Å². The van der Waals surface area contributed by atoms with Crippen LogP contribution in [0.1, 0.15) is 58.9 Å². The zero-order chi connectivity index (χ0) is 13.1. The van der Waals surface area contributed by atoms with Crippen molar-refractivity contribution in [3.63, 3.8) is 0 Å². The van der Waals surface area contributed by atoms with Crippen LogP contribution in [-0.2, 0) is 10.3 Å². The van der Waals surface area contributed by atoms with Gasteiger partial charge in [0, 0.05) is 6.61 Å². The minimum atomic E-state index is -0.570. The third-order valence-electron chi connectivity index (χ3n) is 2.87. The minimum Gasteiger partial charge on any atom is -0.370 e. The molecule has 0 aromatic carbocycles. The summed E-state index contributed by atoms with van der Waals surface area (Å²) >= 11 is 0. The minimum absolute atomic E-state index is 0.134. The Labute approximate surface area is 103 Å². The van der Waals surface area contributed by atoms with E-state index in [0.717, 1.165) is 6.42 Å². The van der Waals surface area contributed by atoms with Crippen molar-refractivity contribution >= 4 is 0 Å². The maximum atomic E-state index is 6.06. The molecule has 0 fully saturated rings.